The lowest BCUT2D eigenvalue weighted by atomic mass is 10.2. The van der Waals surface area contributed by atoms with Gasteiger partial charge in [-0.2, -0.15) is 5.26 Å². The number of ether oxygens (including phenoxy) is 1. The molecule has 0 bridgehead atoms. The molecule has 1 heterocycles. The number of halogens is 1. The van der Waals surface area contributed by atoms with Crippen molar-refractivity contribution in [2.45, 2.75) is 5.75 Å². The van der Waals surface area contributed by atoms with Crippen LogP contribution in [0.15, 0.2) is 35.4 Å². The maximum Gasteiger partial charge on any atom is 0.193 e. The van der Waals surface area contributed by atoms with Crippen LogP contribution < -0.4 is 0 Å². The van der Waals surface area contributed by atoms with E-state index in [1.807, 2.05) is 0 Å². The van der Waals surface area contributed by atoms with Crippen molar-refractivity contribution < 1.29 is 13.2 Å². The van der Waals surface area contributed by atoms with E-state index in [0.717, 1.165) is 0 Å². The third-order valence-corrected chi connectivity index (χ3v) is 4.89. The Morgan fingerprint density at radius 2 is 1.95 bits per heavy atom. The number of nitrogens with zero attached hydrogens (tertiary/aromatic N) is 2. The number of hydrogen-bond donors (Lipinski definition) is 0. The van der Waals surface area contributed by atoms with Gasteiger partial charge in [0.1, 0.15) is 6.07 Å². The van der Waals surface area contributed by atoms with E-state index in [1.165, 1.54) is 6.20 Å². The van der Waals surface area contributed by atoms with Crippen molar-refractivity contribution in [2.75, 3.05) is 26.3 Å². The first-order chi connectivity index (χ1) is 10.0. The molecule has 0 unspecified atom stereocenters. The van der Waals surface area contributed by atoms with Gasteiger partial charge in [-0.15, -0.1) is 0 Å². The van der Waals surface area contributed by atoms with Gasteiger partial charge in [0, 0.05) is 24.3 Å². The first-order valence-corrected chi connectivity index (χ1v) is 8.45. The monoisotopic (exact) mass is 326 g/mol. The van der Waals surface area contributed by atoms with Crippen molar-refractivity contribution in [2.24, 2.45) is 0 Å². The van der Waals surface area contributed by atoms with E-state index in [2.05, 4.69) is 0 Å². The van der Waals surface area contributed by atoms with Crippen molar-refractivity contribution in [3.05, 3.63) is 46.0 Å². The summed E-state index contributed by atoms with van der Waals surface area (Å²) in [5.74, 6) is -0.214. The molecule has 2 rings (SSSR count). The standard InChI is InChI=1S/C14H15ClN2O3S/c15-13-3-1-12(2-4-13)11-21(18,19)14(9-16)10-17-5-7-20-8-6-17/h1-4,10H,5-8,11H2. The molecule has 0 amide bonds. The van der Waals surface area contributed by atoms with Crippen molar-refractivity contribution >= 4 is 21.4 Å². The predicted octanol–water partition coefficient (Wildman–Crippen LogP) is 1.95. The number of allylic oxidation sites excluding steroid dienone is 1. The minimum absolute atomic E-state index is 0.214. The lowest BCUT2D eigenvalue weighted by Gasteiger charge is -2.25. The number of benzene rings is 1. The SMILES string of the molecule is N#CC(=CN1CCOCC1)S(=O)(=O)Cc1ccc(Cl)cc1. The molecular formula is C14H15ClN2O3S. The molecule has 0 atom stereocenters. The number of hydrogen-bond acceptors (Lipinski definition) is 5. The zero-order valence-electron chi connectivity index (χ0n) is 11.3. The van der Waals surface area contributed by atoms with Gasteiger partial charge in [0.15, 0.2) is 14.7 Å². The summed E-state index contributed by atoms with van der Waals surface area (Å²) >= 11 is 5.77. The Balaban J connectivity index is 2.17. The highest BCUT2D eigenvalue weighted by Crippen LogP contribution is 2.17. The highest BCUT2D eigenvalue weighted by molar-refractivity contribution is 7.94. The fraction of sp³-hybridized carbons (Fsp3) is 0.357. The van der Waals surface area contributed by atoms with E-state index in [9.17, 15) is 8.42 Å². The molecule has 1 aromatic carbocycles. The van der Waals surface area contributed by atoms with Gasteiger partial charge in [-0.3, -0.25) is 0 Å². The largest absolute Gasteiger partial charge is 0.378 e. The topological polar surface area (TPSA) is 70.4 Å². The van der Waals surface area contributed by atoms with Crippen LogP contribution in [-0.2, 0) is 20.3 Å². The summed E-state index contributed by atoms with van der Waals surface area (Å²) in [5.41, 5.74) is 0.600. The number of morpholine rings is 1. The van der Waals surface area contributed by atoms with Gasteiger partial charge in [-0.1, -0.05) is 23.7 Å². The van der Waals surface area contributed by atoms with Crippen LogP contribution >= 0.6 is 11.6 Å². The smallest absolute Gasteiger partial charge is 0.193 e. The van der Waals surface area contributed by atoms with Gasteiger partial charge in [0.2, 0.25) is 0 Å². The Morgan fingerprint density at radius 1 is 1.33 bits per heavy atom. The second-order valence-corrected chi connectivity index (χ2v) is 7.03. The zero-order valence-corrected chi connectivity index (χ0v) is 12.9. The van der Waals surface area contributed by atoms with Gasteiger partial charge in [-0.05, 0) is 17.7 Å². The minimum Gasteiger partial charge on any atom is -0.378 e. The van der Waals surface area contributed by atoms with Crippen LogP contribution in [0.1, 0.15) is 5.56 Å². The second-order valence-electron chi connectivity index (χ2n) is 4.64. The summed E-state index contributed by atoms with van der Waals surface area (Å²) in [5, 5.41) is 9.68. The summed E-state index contributed by atoms with van der Waals surface area (Å²) in [7, 11) is -3.66. The number of rotatable bonds is 4. The summed E-state index contributed by atoms with van der Waals surface area (Å²) in [6.45, 7) is 2.24. The molecule has 7 heteroatoms. The minimum atomic E-state index is -3.66. The quantitative estimate of drug-likeness (QED) is 0.791. The van der Waals surface area contributed by atoms with Gasteiger partial charge in [-0.25, -0.2) is 8.42 Å². The lowest BCUT2D eigenvalue weighted by Crippen LogP contribution is -2.32. The third kappa shape index (κ3) is 4.46. The highest BCUT2D eigenvalue weighted by atomic mass is 35.5. The molecule has 1 aliphatic heterocycles. The fourth-order valence-electron chi connectivity index (χ4n) is 1.93. The maximum absolute atomic E-state index is 12.3. The molecule has 0 aliphatic carbocycles. The highest BCUT2D eigenvalue weighted by Gasteiger charge is 2.20. The normalized spacial score (nSPS) is 16.6. The first-order valence-electron chi connectivity index (χ1n) is 6.42. The molecular weight excluding hydrogens is 312 g/mol. The first kappa shape index (κ1) is 15.8. The number of sulfone groups is 1. The van der Waals surface area contributed by atoms with Crippen molar-refractivity contribution in [3.8, 4) is 6.07 Å². The lowest BCUT2D eigenvalue weighted by molar-refractivity contribution is 0.0593. The molecule has 1 fully saturated rings. The Kier molecular flexibility index (Phi) is 5.23. The Hall–Kier alpha value is -1.55. The van der Waals surface area contributed by atoms with Gasteiger partial charge < -0.3 is 9.64 Å². The van der Waals surface area contributed by atoms with Crippen LogP contribution in [0.4, 0.5) is 0 Å². The summed E-state index contributed by atoms with van der Waals surface area (Å²) in [6.07, 6.45) is 1.41. The summed E-state index contributed by atoms with van der Waals surface area (Å²) in [4.78, 5) is 1.57. The molecule has 0 saturated carbocycles. The van der Waals surface area contributed by atoms with E-state index >= 15 is 0 Å². The predicted molar refractivity (Wildman–Crippen MR) is 80.2 cm³/mol. The van der Waals surface area contributed by atoms with Gasteiger partial charge in [0.05, 0.1) is 19.0 Å². The van der Waals surface area contributed by atoms with Crippen LogP contribution in [0.25, 0.3) is 0 Å². The molecule has 1 aliphatic rings. The molecule has 112 valence electrons. The molecule has 0 aromatic heterocycles. The average Bonchev–Trinajstić information content (AvgIpc) is 2.48. The molecule has 0 N–H and O–H groups in total. The van der Waals surface area contributed by atoms with Crippen molar-refractivity contribution in [1.82, 2.24) is 4.90 Å². The molecule has 21 heavy (non-hydrogen) atoms. The Bertz CT molecular complexity index is 656. The van der Waals surface area contributed by atoms with Gasteiger partial charge in [0.25, 0.3) is 0 Å². The van der Waals surface area contributed by atoms with Crippen LogP contribution in [0, 0.1) is 11.3 Å². The van der Waals surface area contributed by atoms with E-state index in [1.54, 1.807) is 35.2 Å². The van der Waals surface area contributed by atoms with E-state index in [0.29, 0.717) is 36.9 Å². The van der Waals surface area contributed by atoms with Crippen LogP contribution in [0.5, 0.6) is 0 Å². The molecule has 0 spiro atoms. The van der Waals surface area contributed by atoms with E-state index < -0.39 is 9.84 Å². The summed E-state index contributed by atoms with van der Waals surface area (Å²) in [6, 6.07) is 8.33. The van der Waals surface area contributed by atoms with Crippen molar-refractivity contribution in [3.63, 3.8) is 0 Å². The Morgan fingerprint density at radius 3 is 2.52 bits per heavy atom. The number of nitriles is 1. The zero-order chi connectivity index (χ0) is 15.3. The average molecular weight is 327 g/mol. The fourth-order valence-corrected chi connectivity index (χ4v) is 3.29. The maximum atomic E-state index is 12.3. The molecule has 5 nitrogen and oxygen atoms in total. The van der Waals surface area contributed by atoms with E-state index in [-0.39, 0.29) is 10.7 Å². The Labute approximate surface area is 129 Å². The molecule has 1 saturated heterocycles. The van der Waals surface area contributed by atoms with E-state index in [4.69, 9.17) is 21.6 Å². The third-order valence-electron chi connectivity index (χ3n) is 3.06. The summed E-state index contributed by atoms with van der Waals surface area (Å²) < 4.78 is 29.8. The van der Waals surface area contributed by atoms with Crippen LogP contribution in [-0.4, -0.2) is 39.6 Å². The van der Waals surface area contributed by atoms with Gasteiger partial charge >= 0.3 is 0 Å². The van der Waals surface area contributed by atoms with Crippen LogP contribution in [0.2, 0.25) is 5.02 Å². The second kappa shape index (κ2) is 6.94. The molecule has 1 aromatic rings. The van der Waals surface area contributed by atoms with Crippen molar-refractivity contribution in [1.29, 1.82) is 5.26 Å². The van der Waals surface area contributed by atoms with Crippen LogP contribution in [0.3, 0.4) is 0 Å². The molecule has 0 radical (unpaired) electrons.